The van der Waals surface area contributed by atoms with E-state index in [1.807, 2.05) is 0 Å². The minimum absolute atomic E-state index is 0.0833. The van der Waals surface area contributed by atoms with Gasteiger partial charge in [0.1, 0.15) is 0 Å². The molecule has 0 unspecified atom stereocenters. The van der Waals surface area contributed by atoms with Crippen LogP contribution in [0.2, 0.25) is 0 Å². The van der Waals surface area contributed by atoms with Gasteiger partial charge in [-0.2, -0.15) is 0 Å². The average molecular weight is 190 g/mol. The molecule has 6 heteroatoms. The SMILES string of the molecule is CC(C)(CC(C)(C)[N+](=O)[O-])[N+](=O)[O-]. The van der Waals surface area contributed by atoms with Gasteiger partial charge >= 0.3 is 0 Å². The number of hydrogen-bond acceptors (Lipinski definition) is 4. The Kier molecular flexibility index (Phi) is 2.97. The highest BCUT2D eigenvalue weighted by Gasteiger charge is 2.44. The quantitative estimate of drug-likeness (QED) is 0.496. The van der Waals surface area contributed by atoms with E-state index in [0.29, 0.717) is 0 Å². The predicted octanol–water partition coefficient (Wildman–Crippen LogP) is 1.49. The molecule has 13 heavy (non-hydrogen) atoms. The van der Waals surface area contributed by atoms with Crippen molar-refractivity contribution in [1.82, 2.24) is 0 Å². The van der Waals surface area contributed by atoms with Gasteiger partial charge in [-0.3, -0.25) is 20.2 Å². The second kappa shape index (κ2) is 3.27. The number of nitrogens with zero attached hydrogens (tertiary/aromatic N) is 2. The van der Waals surface area contributed by atoms with Crippen LogP contribution < -0.4 is 0 Å². The van der Waals surface area contributed by atoms with Gasteiger partial charge in [0.2, 0.25) is 11.1 Å². The van der Waals surface area contributed by atoms with Crippen LogP contribution in [0.15, 0.2) is 0 Å². The third-order valence-corrected chi connectivity index (χ3v) is 1.85. The highest BCUT2D eigenvalue weighted by atomic mass is 16.6. The van der Waals surface area contributed by atoms with Crippen LogP contribution in [0.5, 0.6) is 0 Å². The number of hydrogen-bond donors (Lipinski definition) is 0. The molecule has 76 valence electrons. The Labute approximate surface area is 76.2 Å². The first-order valence-electron chi connectivity index (χ1n) is 3.88. The van der Waals surface area contributed by atoms with Crippen LogP contribution in [0.1, 0.15) is 34.1 Å². The number of rotatable bonds is 4. The second-order valence-corrected chi connectivity index (χ2v) is 4.32. The highest BCUT2D eigenvalue weighted by molar-refractivity contribution is 4.78. The van der Waals surface area contributed by atoms with E-state index < -0.39 is 20.9 Å². The molecular formula is C7H14N2O4. The molecule has 0 bridgehead atoms. The van der Waals surface area contributed by atoms with Gasteiger partial charge in [-0.1, -0.05) is 0 Å². The van der Waals surface area contributed by atoms with Gasteiger partial charge in [0.05, 0.1) is 6.42 Å². The summed E-state index contributed by atoms with van der Waals surface area (Å²) in [6.45, 7) is 5.55. The Morgan fingerprint density at radius 2 is 1.15 bits per heavy atom. The van der Waals surface area contributed by atoms with E-state index in [4.69, 9.17) is 0 Å². The summed E-state index contributed by atoms with van der Waals surface area (Å²) in [5, 5.41) is 21.0. The van der Waals surface area contributed by atoms with Crippen LogP contribution in [-0.4, -0.2) is 20.9 Å². The Morgan fingerprint density at radius 1 is 0.923 bits per heavy atom. The summed E-state index contributed by atoms with van der Waals surface area (Å²) < 4.78 is 0. The molecule has 6 nitrogen and oxygen atoms in total. The zero-order valence-electron chi connectivity index (χ0n) is 8.23. The molecule has 0 amide bonds. The minimum Gasteiger partial charge on any atom is -0.264 e. The van der Waals surface area contributed by atoms with E-state index in [0.717, 1.165) is 0 Å². The Morgan fingerprint density at radius 3 is 1.31 bits per heavy atom. The summed E-state index contributed by atoms with van der Waals surface area (Å²) in [4.78, 5) is 20.0. The maximum atomic E-state index is 10.5. The smallest absolute Gasteiger partial charge is 0.223 e. The molecule has 0 saturated heterocycles. The Hall–Kier alpha value is -1.20. The molecule has 0 aromatic rings. The molecule has 0 atom stereocenters. The monoisotopic (exact) mass is 190 g/mol. The molecule has 0 fully saturated rings. The van der Waals surface area contributed by atoms with Crippen LogP contribution in [0, 0.1) is 20.2 Å². The van der Waals surface area contributed by atoms with Gasteiger partial charge in [-0.25, -0.2) is 0 Å². The fourth-order valence-corrected chi connectivity index (χ4v) is 1.19. The number of nitro groups is 2. The predicted molar refractivity (Wildman–Crippen MR) is 46.8 cm³/mol. The first-order chi connectivity index (χ1) is 5.59. The third-order valence-electron chi connectivity index (χ3n) is 1.85. The Bertz CT molecular complexity index is 211. The maximum absolute atomic E-state index is 10.5. The average Bonchev–Trinajstić information content (AvgIpc) is 1.83. The first-order valence-corrected chi connectivity index (χ1v) is 3.88. The van der Waals surface area contributed by atoms with Crippen molar-refractivity contribution in [3.8, 4) is 0 Å². The molecule has 0 heterocycles. The topological polar surface area (TPSA) is 86.3 Å². The van der Waals surface area contributed by atoms with E-state index in [2.05, 4.69) is 0 Å². The standard InChI is InChI=1S/C7H14N2O4/c1-6(2,8(10)11)5-7(3,4)9(12)13/h5H2,1-4H3. The summed E-state index contributed by atoms with van der Waals surface area (Å²) in [6, 6.07) is 0. The lowest BCUT2D eigenvalue weighted by atomic mass is 9.88. The molecule has 0 spiro atoms. The molecule has 0 aliphatic heterocycles. The first kappa shape index (κ1) is 11.8. The van der Waals surface area contributed by atoms with Gasteiger partial charge in [-0.15, -0.1) is 0 Å². The van der Waals surface area contributed by atoms with Crippen molar-refractivity contribution in [3.05, 3.63) is 20.2 Å². The minimum atomic E-state index is -1.25. The summed E-state index contributed by atoms with van der Waals surface area (Å²) in [6.07, 6.45) is -0.0833. The fourth-order valence-electron chi connectivity index (χ4n) is 1.19. The molecule has 0 saturated carbocycles. The fraction of sp³-hybridized carbons (Fsp3) is 1.00. The van der Waals surface area contributed by atoms with Crippen molar-refractivity contribution >= 4 is 0 Å². The van der Waals surface area contributed by atoms with Crippen molar-refractivity contribution < 1.29 is 9.85 Å². The van der Waals surface area contributed by atoms with Crippen molar-refractivity contribution in [2.45, 2.75) is 45.2 Å². The highest BCUT2D eigenvalue weighted by Crippen LogP contribution is 2.24. The van der Waals surface area contributed by atoms with Crippen LogP contribution in [0.25, 0.3) is 0 Å². The van der Waals surface area contributed by atoms with Gasteiger partial charge in [-0.05, 0) is 0 Å². The molecule has 0 aromatic carbocycles. The van der Waals surface area contributed by atoms with Crippen molar-refractivity contribution in [2.24, 2.45) is 0 Å². The molecule has 0 aromatic heterocycles. The van der Waals surface area contributed by atoms with Gasteiger partial charge in [0.15, 0.2) is 0 Å². The lowest BCUT2D eigenvalue weighted by molar-refractivity contribution is -0.604. The molecule has 0 N–H and O–H groups in total. The van der Waals surface area contributed by atoms with Crippen molar-refractivity contribution in [3.63, 3.8) is 0 Å². The summed E-state index contributed by atoms with van der Waals surface area (Å²) in [7, 11) is 0. The van der Waals surface area contributed by atoms with Crippen LogP contribution >= 0.6 is 0 Å². The van der Waals surface area contributed by atoms with Gasteiger partial charge < -0.3 is 0 Å². The van der Waals surface area contributed by atoms with E-state index in [1.165, 1.54) is 27.7 Å². The lowest BCUT2D eigenvalue weighted by Gasteiger charge is -2.22. The Balaban J connectivity index is 4.61. The molecule has 0 aliphatic carbocycles. The van der Waals surface area contributed by atoms with E-state index in [9.17, 15) is 20.2 Å². The third kappa shape index (κ3) is 2.96. The summed E-state index contributed by atoms with van der Waals surface area (Å²) in [5.41, 5.74) is -2.51. The molecule has 0 radical (unpaired) electrons. The summed E-state index contributed by atoms with van der Waals surface area (Å²) >= 11 is 0. The molecule has 0 aliphatic rings. The lowest BCUT2D eigenvalue weighted by Crippen LogP contribution is -2.43. The maximum Gasteiger partial charge on any atom is 0.223 e. The normalized spacial score (nSPS) is 12.6. The largest absolute Gasteiger partial charge is 0.264 e. The second-order valence-electron chi connectivity index (χ2n) is 4.32. The van der Waals surface area contributed by atoms with Crippen LogP contribution in [0.4, 0.5) is 0 Å². The molecule has 0 rings (SSSR count). The zero-order valence-corrected chi connectivity index (χ0v) is 8.23. The molecular weight excluding hydrogens is 176 g/mol. The van der Waals surface area contributed by atoms with Crippen LogP contribution in [0.3, 0.4) is 0 Å². The van der Waals surface area contributed by atoms with Crippen molar-refractivity contribution in [2.75, 3.05) is 0 Å². The van der Waals surface area contributed by atoms with E-state index in [-0.39, 0.29) is 6.42 Å². The van der Waals surface area contributed by atoms with Crippen molar-refractivity contribution in [1.29, 1.82) is 0 Å². The van der Waals surface area contributed by atoms with E-state index >= 15 is 0 Å². The van der Waals surface area contributed by atoms with Gasteiger partial charge in [0, 0.05) is 37.5 Å². The van der Waals surface area contributed by atoms with Gasteiger partial charge in [0.25, 0.3) is 0 Å². The van der Waals surface area contributed by atoms with E-state index in [1.54, 1.807) is 0 Å². The summed E-state index contributed by atoms with van der Waals surface area (Å²) in [5.74, 6) is 0. The van der Waals surface area contributed by atoms with Crippen LogP contribution in [-0.2, 0) is 0 Å². The zero-order chi connectivity index (χ0) is 10.9.